The molecule has 2 atom stereocenters. The molecule has 2 unspecified atom stereocenters. The van der Waals surface area contributed by atoms with Gasteiger partial charge in [0.25, 0.3) is 0 Å². The third-order valence-electron chi connectivity index (χ3n) is 4.59. The van der Waals surface area contributed by atoms with E-state index in [-0.39, 0.29) is 11.8 Å². The number of nitrogens with two attached hydrogens (primary N) is 1. The molecule has 2 fully saturated rings. The number of rotatable bonds is 3. The van der Waals surface area contributed by atoms with Gasteiger partial charge in [-0.3, -0.25) is 4.90 Å². The van der Waals surface area contributed by atoms with Crippen LogP contribution < -0.4 is 5.73 Å². The minimum absolute atomic E-state index is 0.133. The monoisotopic (exact) mass is 262 g/mol. The minimum Gasteiger partial charge on any atom is -0.388 e. The fourth-order valence-corrected chi connectivity index (χ4v) is 3.40. The van der Waals surface area contributed by atoms with Crippen molar-refractivity contribution in [2.75, 3.05) is 32.8 Å². The fraction of sp³-hybridized carbons (Fsp3) is 0.600. The number of benzene rings is 1. The first-order valence-corrected chi connectivity index (χ1v) is 6.99. The molecule has 1 aromatic carbocycles. The molecular formula is C15H22N2O2. The van der Waals surface area contributed by atoms with Gasteiger partial charge in [0.1, 0.15) is 0 Å². The van der Waals surface area contributed by atoms with Gasteiger partial charge in [-0.25, -0.2) is 0 Å². The van der Waals surface area contributed by atoms with E-state index in [0.29, 0.717) is 19.8 Å². The highest BCUT2D eigenvalue weighted by Gasteiger charge is 2.50. The van der Waals surface area contributed by atoms with Crippen molar-refractivity contribution in [1.29, 1.82) is 0 Å². The predicted octanol–water partition coefficient (Wildman–Crippen LogP) is 0.455. The first kappa shape index (κ1) is 13.1. The summed E-state index contributed by atoms with van der Waals surface area (Å²) >= 11 is 0. The molecule has 104 valence electrons. The Morgan fingerprint density at radius 3 is 2.42 bits per heavy atom. The largest absolute Gasteiger partial charge is 0.388 e. The lowest BCUT2D eigenvalue weighted by Gasteiger charge is -2.52. The highest BCUT2D eigenvalue weighted by molar-refractivity contribution is 5.15. The molecule has 2 aliphatic heterocycles. The number of ether oxygens (including phenoxy) is 1. The third-order valence-corrected chi connectivity index (χ3v) is 4.59. The molecule has 4 nitrogen and oxygen atoms in total. The van der Waals surface area contributed by atoms with E-state index in [4.69, 9.17) is 10.5 Å². The van der Waals surface area contributed by atoms with Crippen molar-refractivity contribution < 1.29 is 9.84 Å². The van der Waals surface area contributed by atoms with Gasteiger partial charge < -0.3 is 15.6 Å². The summed E-state index contributed by atoms with van der Waals surface area (Å²) in [6.45, 7) is 4.24. The summed E-state index contributed by atoms with van der Waals surface area (Å²) in [5, 5.41) is 10.7. The smallest absolute Gasteiger partial charge is 0.0893 e. The summed E-state index contributed by atoms with van der Waals surface area (Å²) < 4.78 is 5.59. The summed E-state index contributed by atoms with van der Waals surface area (Å²) in [7, 11) is 0. The predicted molar refractivity (Wildman–Crippen MR) is 73.5 cm³/mol. The van der Waals surface area contributed by atoms with Crippen LogP contribution in [0, 0.1) is 11.8 Å². The van der Waals surface area contributed by atoms with Crippen LogP contribution in [0.1, 0.15) is 5.56 Å². The van der Waals surface area contributed by atoms with Crippen LogP contribution in [-0.2, 0) is 11.3 Å². The zero-order chi connectivity index (χ0) is 13.3. The molecular weight excluding hydrogens is 240 g/mol. The lowest BCUT2D eigenvalue weighted by molar-refractivity contribution is -0.187. The zero-order valence-electron chi connectivity index (χ0n) is 11.2. The van der Waals surface area contributed by atoms with Crippen molar-refractivity contribution in [1.82, 2.24) is 4.90 Å². The molecule has 0 radical (unpaired) electrons. The molecule has 4 heteroatoms. The van der Waals surface area contributed by atoms with Gasteiger partial charge in [0.05, 0.1) is 18.8 Å². The number of aliphatic hydroxyl groups is 1. The van der Waals surface area contributed by atoms with Crippen molar-refractivity contribution in [2.24, 2.45) is 17.6 Å². The summed E-state index contributed by atoms with van der Waals surface area (Å²) in [6, 6.07) is 10.5. The fourth-order valence-electron chi connectivity index (χ4n) is 3.40. The van der Waals surface area contributed by atoms with Gasteiger partial charge in [-0.05, 0) is 5.56 Å². The Morgan fingerprint density at radius 2 is 1.84 bits per heavy atom. The average molecular weight is 262 g/mol. The first-order chi connectivity index (χ1) is 9.22. The maximum absolute atomic E-state index is 10.7. The summed E-state index contributed by atoms with van der Waals surface area (Å²) in [6.07, 6.45) is 0. The molecule has 2 bridgehead atoms. The van der Waals surface area contributed by atoms with Crippen molar-refractivity contribution in [3.63, 3.8) is 0 Å². The number of likely N-dealkylation sites (tertiary alicyclic amines) is 1. The van der Waals surface area contributed by atoms with Crippen molar-refractivity contribution >= 4 is 0 Å². The second-order valence-electron chi connectivity index (χ2n) is 5.81. The van der Waals surface area contributed by atoms with Gasteiger partial charge in [0.2, 0.25) is 0 Å². The molecule has 2 heterocycles. The number of piperidine rings is 1. The quantitative estimate of drug-likeness (QED) is 0.830. The van der Waals surface area contributed by atoms with Crippen molar-refractivity contribution in [3.8, 4) is 0 Å². The van der Waals surface area contributed by atoms with E-state index in [1.165, 1.54) is 5.56 Å². The maximum atomic E-state index is 10.7. The molecule has 19 heavy (non-hydrogen) atoms. The van der Waals surface area contributed by atoms with Crippen LogP contribution in [0.15, 0.2) is 30.3 Å². The first-order valence-electron chi connectivity index (χ1n) is 6.99. The van der Waals surface area contributed by atoms with Gasteiger partial charge in [-0.1, -0.05) is 30.3 Å². The van der Waals surface area contributed by atoms with Crippen LogP contribution in [0.4, 0.5) is 0 Å². The summed E-state index contributed by atoms with van der Waals surface area (Å²) in [5.41, 5.74) is 6.39. The molecule has 0 aliphatic carbocycles. The molecule has 0 aromatic heterocycles. The van der Waals surface area contributed by atoms with Crippen LogP contribution >= 0.6 is 0 Å². The van der Waals surface area contributed by atoms with Gasteiger partial charge in [0, 0.05) is 38.0 Å². The van der Waals surface area contributed by atoms with Crippen LogP contribution in [0.3, 0.4) is 0 Å². The Hall–Kier alpha value is -0.940. The number of fused-ring (bicyclic) bond motifs is 2. The lowest BCUT2D eigenvalue weighted by Crippen LogP contribution is -2.66. The molecule has 3 N–H and O–H groups in total. The molecule has 2 aliphatic rings. The van der Waals surface area contributed by atoms with Crippen LogP contribution in [-0.4, -0.2) is 48.5 Å². The molecule has 2 saturated heterocycles. The summed E-state index contributed by atoms with van der Waals surface area (Å²) in [4.78, 5) is 2.41. The van der Waals surface area contributed by atoms with E-state index in [1.807, 2.05) is 6.07 Å². The van der Waals surface area contributed by atoms with E-state index in [9.17, 15) is 5.11 Å². The SMILES string of the molecule is NCC1(O)C2COCC1CN(Cc1ccccc1)C2. The topological polar surface area (TPSA) is 58.7 Å². The Kier molecular flexibility index (Phi) is 3.58. The van der Waals surface area contributed by atoms with E-state index >= 15 is 0 Å². The van der Waals surface area contributed by atoms with Crippen LogP contribution in [0.2, 0.25) is 0 Å². The number of hydrogen-bond acceptors (Lipinski definition) is 4. The molecule has 0 spiro atoms. The Morgan fingerprint density at radius 1 is 1.21 bits per heavy atom. The van der Waals surface area contributed by atoms with Crippen molar-refractivity contribution in [3.05, 3.63) is 35.9 Å². The van der Waals surface area contributed by atoms with Gasteiger partial charge in [0.15, 0.2) is 0 Å². The van der Waals surface area contributed by atoms with Gasteiger partial charge in [-0.15, -0.1) is 0 Å². The molecule has 0 amide bonds. The van der Waals surface area contributed by atoms with E-state index in [2.05, 4.69) is 29.2 Å². The summed E-state index contributed by atoms with van der Waals surface area (Å²) in [5.74, 6) is 0.266. The minimum atomic E-state index is -0.731. The van der Waals surface area contributed by atoms with Crippen LogP contribution in [0.5, 0.6) is 0 Å². The Balaban J connectivity index is 1.71. The van der Waals surface area contributed by atoms with Gasteiger partial charge >= 0.3 is 0 Å². The Bertz CT molecular complexity index is 409. The average Bonchev–Trinajstić information content (AvgIpc) is 2.41. The normalized spacial score (nSPS) is 35.3. The molecule has 0 saturated carbocycles. The lowest BCUT2D eigenvalue weighted by atomic mass is 9.72. The third kappa shape index (κ3) is 2.41. The number of nitrogens with zero attached hydrogens (tertiary/aromatic N) is 1. The van der Waals surface area contributed by atoms with Crippen LogP contribution in [0.25, 0.3) is 0 Å². The standard InChI is InChI=1S/C15H22N2O2/c16-11-15(18)13-7-17(8-14(15)10-19-9-13)6-12-4-2-1-3-5-12/h1-5,13-14,18H,6-11,16H2. The molecule has 3 rings (SSSR count). The highest BCUT2D eigenvalue weighted by atomic mass is 16.5. The highest BCUT2D eigenvalue weighted by Crippen LogP contribution is 2.36. The van der Waals surface area contributed by atoms with E-state index < -0.39 is 5.60 Å². The second kappa shape index (κ2) is 5.21. The maximum Gasteiger partial charge on any atom is 0.0893 e. The zero-order valence-corrected chi connectivity index (χ0v) is 11.2. The Labute approximate surface area is 114 Å². The molecule has 1 aromatic rings. The van der Waals surface area contributed by atoms with E-state index in [1.54, 1.807) is 0 Å². The second-order valence-corrected chi connectivity index (χ2v) is 5.81. The van der Waals surface area contributed by atoms with Gasteiger partial charge in [-0.2, -0.15) is 0 Å². The van der Waals surface area contributed by atoms with Crippen molar-refractivity contribution in [2.45, 2.75) is 12.1 Å². The number of hydrogen-bond donors (Lipinski definition) is 2. The van der Waals surface area contributed by atoms with E-state index in [0.717, 1.165) is 19.6 Å².